The first kappa shape index (κ1) is 17.2. The molecular formula is C16H17F3N2O2. The molecule has 1 aromatic heterocycles. The van der Waals surface area contributed by atoms with Crippen molar-refractivity contribution in [1.82, 2.24) is 10.3 Å². The van der Waals surface area contributed by atoms with Crippen molar-refractivity contribution in [2.45, 2.75) is 25.7 Å². The maximum absolute atomic E-state index is 12.7. The second kappa shape index (κ2) is 6.97. The van der Waals surface area contributed by atoms with Crippen LogP contribution in [0.1, 0.15) is 28.6 Å². The maximum atomic E-state index is 12.7. The van der Waals surface area contributed by atoms with Gasteiger partial charge >= 0.3 is 6.18 Å². The molecule has 124 valence electrons. The molecule has 1 heterocycles. The molecule has 1 unspecified atom stereocenters. The molecule has 0 saturated carbocycles. The van der Waals surface area contributed by atoms with Gasteiger partial charge in [-0.15, -0.1) is 0 Å². The number of nitrogens with zero attached hydrogens (tertiary/aromatic N) is 1. The largest absolute Gasteiger partial charge is 0.506 e. The van der Waals surface area contributed by atoms with Crippen molar-refractivity contribution >= 4 is 0 Å². The van der Waals surface area contributed by atoms with Gasteiger partial charge in [0, 0.05) is 18.8 Å². The Morgan fingerprint density at radius 2 is 1.96 bits per heavy atom. The molecule has 0 spiro atoms. The zero-order valence-corrected chi connectivity index (χ0v) is 12.4. The Hall–Kier alpha value is -2.12. The van der Waals surface area contributed by atoms with E-state index in [4.69, 9.17) is 0 Å². The van der Waals surface area contributed by atoms with Crippen molar-refractivity contribution < 1.29 is 23.4 Å². The van der Waals surface area contributed by atoms with Crippen LogP contribution in [0.25, 0.3) is 0 Å². The highest BCUT2D eigenvalue weighted by molar-refractivity contribution is 5.28. The molecule has 0 amide bonds. The van der Waals surface area contributed by atoms with Crippen LogP contribution in [-0.4, -0.2) is 21.7 Å². The summed E-state index contributed by atoms with van der Waals surface area (Å²) in [6, 6.07) is 7.76. The topological polar surface area (TPSA) is 65.4 Å². The predicted molar refractivity (Wildman–Crippen MR) is 78.7 cm³/mol. The summed E-state index contributed by atoms with van der Waals surface area (Å²) in [6.45, 7) is 2.01. The molecule has 2 aromatic rings. The molecule has 0 bridgehead atoms. The normalized spacial score (nSPS) is 13.1. The lowest BCUT2D eigenvalue weighted by atomic mass is 10.1. The third-order valence-corrected chi connectivity index (χ3v) is 3.32. The number of aromatic hydroxyl groups is 1. The zero-order chi connectivity index (χ0) is 17.0. The summed E-state index contributed by atoms with van der Waals surface area (Å²) in [5, 5.41) is 22.5. The molecule has 0 aliphatic carbocycles. The molecule has 1 atom stereocenters. The molecule has 2 rings (SSSR count). The second-order valence-electron chi connectivity index (χ2n) is 5.19. The van der Waals surface area contributed by atoms with E-state index in [0.29, 0.717) is 5.69 Å². The average Bonchev–Trinajstić information content (AvgIpc) is 2.50. The number of halogens is 3. The molecule has 0 aliphatic heterocycles. The van der Waals surface area contributed by atoms with Gasteiger partial charge in [-0.25, -0.2) is 0 Å². The van der Waals surface area contributed by atoms with E-state index in [1.54, 1.807) is 13.0 Å². The Kier molecular flexibility index (Phi) is 5.23. The SMILES string of the molecule is Cc1ccc(O)c(CNCC(O)c2cccc(C(F)(F)F)c2)n1. The Balaban J connectivity index is 1.97. The van der Waals surface area contributed by atoms with Crippen LogP contribution >= 0.6 is 0 Å². The number of hydrogen-bond donors (Lipinski definition) is 3. The summed E-state index contributed by atoms with van der Waals surface area (Å²) in [4.78, 5) is 4.15. The second-order valence-corrected chi connectivity index (χ2v) is 5.19. The van der Waals surface area contributed by atoms with Gasteiger partial charge in [0.05, 0.1) is 17.4 Å². The lowest BCUT2D eigenvalue weighted by Crippen LogP contribution is -2.22. The Labute approximate surface area is 131 Å². The Morgan fingerprint density at radius 1 is 1.22 bits per heavy atom. The van der Waals surface area contributed by atoms with Gasteiger partial charge < -0.3 is 15.5 Å². The van der Waals surface area contributed by atoms with E-state index >= 15 is 0 Å². The van der Waals surface area contributed by atoms with Gasteiger partial charge in [0.15, 0.2) is 0 Å². The number of aliphatic hydroxyl groups excluding tert-OH is 1. The fraction of sp³-hybridized carbons (Fsp3) is 0.312. The maximum Gasteiger partial charge on any atom is 0.416 e. The van der Waals surface area contributed by atoms with Crippen molar-refractivity contribution in [2.24, 2.45) is 0 Å². The minimum absolute atomic E-state index is 0.0247. The minimum Gasteiger partial charge on any atom is -0.506 e. The summed E-state index contributed by atoms with van der Waals surface area (Å²) >= 11 is 0. The van der Waals surface area contributed by atoms with Gasteiger partial charge in [0.2, 0.25) is 0 Å². The van der Waals surface area contributed by atoms with Gasteiger partial charge in [-0.2, -0.15) is 13.2 Å². The van der Waals surface area contributed by atoms with E-state index < -0.39 is 17.8 Å². The lowest BCUT2D eigenvalue weighted by Gasteiger charge is -2.14. The number of aromatic nitrogens is 1. The van der Waals surface area contributed by atoms with Gasteiger partial charge in [-0.3, -0.25) is 4.98 Å². The summed E-state index contributed by atoms with van der Waals surface area (Å²) in [5.74, 6) is 0.0247. The molecule has 3 N–H and O–H groups in total. The summed E-state index contributed by atoms with van der Waals surface area (Å²) in [7, 11) is 0. The van der Waals surface area contributed by atoms with Crippen LogP contribution in [0.4, 0.5) is 13.2 Å². The van der Waals surface area contributed by atoms with Crippen LogP contribution < -0.4 is 5.32 Å². The molecular weight excluding hydrogens is 309 g/mol. The number of hydrogen-bond acceptors (Lipinski definition) is 4. The Morgan fingerprint density at radius 3 is 2.65 bits per heavy atom. The minimum atomic E-state index is -4.44. The van der Waals surface area contributed by atoms with Gasteiger partial charge in [0.1, 0.15) is 5.75 Å². The zero-order valence-electron chi connectivity index (χ0n) is 12.4. The monoisotopic (exact) mass is 326 g/mol. The average molecular weight is 326 g/mol. The van der Waals surface area contributed by atoms with Crippen LogP contribution in [0, 0.1) is 6.92 Å². The van der Waals surface area contributed by atoms with Crippen molar-refractivity contribution in [3.05, 3.63) is 58.9 Å². The molecule has 1 aromatic carbocycles. The van der Waals surface area contributed by atoms with Crippen LogP contribution in [0.3, 0.4) is 0 Å². The van der Waals surface area contributed by atoms with E-state index in [-0.39, 0.29) is 24.4 Å². The lowest BCUT2D eigenvalue weighted by molar-refractivity contribution is -0.137. The predicted octanol–water partition coefficient (Wildman–Crippen LogP) is 2.94. The summed E-state index contributed by atoms with van der Waals surface area (Å²) < 4.78 is 38.0. The van der Waals surface area contributed by atoms with Gasteiger partial charge in [-0.05, 0) is 36.8 Å². The highest BCUT2D eigenvalue weighted by Gasteiger charge is 2.30. The summed E-state index contributed by atoms with van der Waals surface area (Å²) in [5.41, 5.74) is 0.528. The van der Waals surface area contributed by atoms with Crippen LogP contribution in [-0.2, 0) is 12.7 Å². The fourth-order valence-electron chi connectivity index (χ4n) is 2.10. The number of alkyl halides is 3. The highest BCUT2D eigenvalue weighted by atomic mass is 19.4. The van der Waals surface area contributed by atoms with E-state index in [0.717, 1.165) is 17.8 Å². The van der Waals surface area contributed by atoms with Gasteiger partial charge in [0.25, 0.3) is 0 Å². The molecule has 0 aliphatic rings. The molecule has 7 heteroatoms. The number of rotatable bonds is 5. The smallest absolute Gasteiger partial charge is 0.416 e. The molecule has 0 fully saturated rings. The van der Waals surface area contributed by atoms with E-state index in [2.05, 4.69) is 10.3 Å². The van der Waals surface area contributed by atoms with Crippen molar-refractivity contribution in [3.8, 4) is 5.75 Å². The van der Waals surface area contributed by atoms with Crippen LogP contribution in [0.5, 0.6) is 5.75 Å². The number of pyridine rings is 1. The number of aryl methyl sites for hydroxylation is 1. The van der Waals surface area contributed by atoms with Crippen LogP contribution in [0.2, 0.25) is 0 Å². The first-order valence-electron chi connectivity index (χ1n) is 6.99. The number of nitrogens with one attached hydrogen (secondary N) is 1. The van der Waals surface area contributed by atoms with Crippen LogP contribution in [0.15, 0.2) is 36.4 Å². The highest BCUT2D eigenvalue weighted by Crippen LogP contribution is 2.30. The fourth-order valence-corrected chi connectivity index (χ4v) is 2.10. The molecule has 0 radical (unpaired) electrons. The number of aliphatic hydroxyl groups is 1. The standard InChI is InChI=1S/C16H17F3N2O2/c1-10-5-6-14(22)13(21-10)8-20-9-15(23)11-3-2-4-12(7-11)16(17,18)19/h2-7,15,20,22-23H,8-9H2,1H3. The third-order valence-electron chi connectivity index (χ3n) is 3.32. The summed E-state index contributed by atoms with van der Waals surface area (Å²) in [6.07, 6.45) is -5.54. The third kappa shape index (κ3) is 4.67. The van der Waals surface area contributed by atoms with Gasteiger partial charge in [-0.1, -0.05) is 12.1 Å². The first-order valence-corrected chi connectivity index (χ1v) is 6.99. The quantitative estimate of drug-likeness (QED) is 0.790. The van der Waals surface area contributed by atoms with Crippen molar-refractivity contribution in [1.29, 1.82) is 0 Å². The van der Waals surface area contributed by atoms with Crippen molar-refractivity contribution in [3.63, 3.8) is 0 Å². The number of benzene rings is 1. The molecule has 0 saturated heterocycles. The first-order chi connectivity index (χ1) is 10.8. The van der Waals surface area contributed by atoms with E-state index in [1.165, 1.54) is 18.2 Å². The van der Waals surface area contributed by atoms with E-state index in [1.807, 2.05) is 0 Å². The Bertz CT molecular complexity index is 675. The van der Waals surface area contributed by atoms with Crippen molar-refractivity contribution in [2.75, 3.05) is 6.54 Å². The van der Waals surface area contributed by atoms with E-state index in [9.17, 15) is 23.4 Å². The molecule has 23 heavy (non-hydrogen) atoms. The molecule has 4 nitrogen and oxygen atoms in total.